The summed E-state index contributed by atoms with van der Waals surface area (Å²) >= 11 is 1.42. The Morgan fingerprint density at radius 2 is 1.89 bits per heavy atom. The summed E-state index contributed by atoms with van der Waals surface area (Å²) in [6.45, 7) is 4.87. The van der Waals surface area contributed by atoms with Crippen LogP contribution in [0.4, 0.5) is 5.69 Å². The summed E-state index contributed by atoms with van der Waals surface area (Å²) in [6, 6.07) is 18.2. The van der Waals surface area contributed by atoms with Gasteiger partial charge in [-0.1, -0.05) is 54.2 Å². The fourth-order valence-electron chi connectivity index (χ4n) is 2.88. The molecule has 27 heavy (non-hydrogen) atoms. The van der Waals surface area contributed by atoms with E-state index < -0.39 is 0 Å². The molecule has 0 saturated carbocycles. The fraction of sp³-hybridized carbons (Fsp3) is 0.286. The van der Waals surface area contributed by atoms with Gasteiger partial charge >= 0.3 is 0 Å². The number of benzene rings is 2. The lowest BCUT2D eigenvalue weighted by Crippen LogP contribution is -2.14. The van der Waals surface area contributed by atoms with Gasteiger partial charge in [0.1, 0.15) is 5.82 Å². The van der Waals surface area contributed by atoms with Gasteiger partial charge in [0.2, 0.25) is 5.91 Å². The molecule has 140 valence electrons. The highest BCUT2D eigenvalue weighted by Gasteiger charge is 2.13. The third-order valence-electron chi connectivity index (χ3n) is 4.22. The molecular weight excluding hydrogens is 356 g/mol. The third kappa shape index (κ3) is 5.44. The van der Waals surface area contributed by atoms with Crippen LogP contribution in [0.1, 0.15) is 23.9 Å². The Morgan fingerprint density at radius 3 is 2.63 bits per heavy atom. The number of hydrogen-bond donors (Lipinski definition) is 1. The highest BCUT2D eigenvalue weighted by molar-refractivity contribution is 7.99. The second kappa shape index (κ2) is 9.37. The molecule has 6 heteroatoms. The molecule has 5 nitrogen and oxygen atoms in total. The number of anilines is 1. The van der Waals surface area contributed by atoms with Crippen LogP contribution in [0.2, 0.25) is 0 Å². The molecule has 1 heterocycles. The van der Waals surface area contributed by atoms with Crippen molar-refractivity contribution in [3.8, 4) is 0 Å². The molecule has 0 fully saturated rings. The monoisotopic (exact) mass is 380 g/mol. The summed E-state index contributed by atoms with van der Waals surface area (Å²) in [7, 11) is 0. The lowest BCUT2D eigenvalue weighted by molar-refractivity contribution is -0.113. The van der Waals surface area contributed by atoms with Crippen molar-refractivity contribution in [2.45, 2.75) is 38.4 Å². The zero-order valence-electron chi connectivity index (χ0n) is 15.7. The van der Waals surface area contributed by atoms with Crippen molar-refractivity contribution < 1.29 is 4.79 Å². The standard InChI is InChI=1S/C21H24N4OS/c1-3-25-19(13-12-17-9-5-4-6-10-17)23-24-21(25)27-15-20(26)22-18-11-7-8-16(2)14-18/h4-11,14H,3,12-13,15H2,1-2H3,(H,22,26). The van der Waals surface area contributed by atoms with Gasteiger partial charge in [0.05, 0.1) is 5.75 Å². The number of hydrogen-bond acceptors (Lipinski definition) is 4. The highest BCUT2D eigenvalue weighted by Crippen LogP contribution is 2.19. The minimum atomic E-state index is -0.0397. The van der Waals surface area contributed by atoms with Gasteiger partial charge in [-0.3, -0.25) is 4.79 Å². The molecule has 0 saturated heterocycles. The van der Waals surface area contributed by atoms with Crippen molar-refractivity contribution in [2.75, 3.05) is 11.1 Å². The van der Waals surface area contributed by atoms with Crippen molar-refractivity contribution in [1.82, 2.24) is 14.8 Å². The predicted molar refractivity (Wildman–Crippen MR) is 110 cm³/mol. The van der Waals surface area contributed by atoms with E-state index in [0.29, 0.717) is 5.75 Å². The number of amides is 1. The average molecular weight is 381 g/mol. The van der Waals surface area contributed by atoms with Crippen LogP contribution in [0.5, 0.6) is 0 Å². The smallest absolute Gasteiger partial charge is 0.234 e. The van der Waals surface area contributed by atoms with Crippen LogP contribution >= 0.6 is 11.8 Å². The van der Waals surface area contributed by atoms with Gasteiger partial charge < -0.3 is 9.88 Å². The van der Waals surface area contributed by atoms with Crippen molar-refractivity contribution in [2.24, 2.45) is 0 Å². The van der Waals surface area contributed by atoms with Gasteiger partial charge in [0, 0.05) is 18.7 Å². The molecule has 0 aliphatic rings. The van der Waals surface area contributed by atoms with E-state index in [1.807, 2.05) is 49.4 Å². The summed E-state index contributed by atoms with van der Waals surface area (Å²) in [5, 5.41) is 12.3. The Labute approximate surface area is 164 Å². The number of thioether (sulfide) groups is 1. The van der Waals surface area contributed by atoms with E-state index in [1.165, 1.54) is 17.3 Å². The Balaban J connectivity index is 1.57. The van der Waals surface area contributed by atoms with Crippen molar-refractivity contribution in [3.63, 3.8) is 0 Å². The molecule has 0 unspecified atom stereocenters. The van der Waals surface area contributed by atoms with Gasteiger partial charge in [-0.25, -0.2) is 0 Å². The molecule has 0 radical (unpaired) electrons. The van der Waals surface area contributed by atoms with Crippen LogP contribution in [0.3, 0.4) is 0 Å². The number of carbonyl (C=O) groups excluding carboxylic acids is 1. The lowest BCUT2D eigenvalue weighted by Gasteiger charge is -2.08. The maximum atomic E-state index is 12.2. The maximum absolute atomic E-state index is 12.2. The van der Waals surface area contributed by atoms with E-state index in [0.717, 1.165) is 41.6 Å². The minimum absolute atomic E-state index is 0.0397. The average Bonchev–Trinajstić information content (AvgIpc) is 3.07. The highest BCUT2D eigenvalue weighted by atomic mass is 32.2. The Bertz CT molecular complexity index is 892. The van der Waals surface area contributed by atoms with Gasteiger partial charge in [-0.15, -0.1) is 10.2 Å². The van der Waals surface area contributed by atoms with Gasteiger partial charge in [-0.05, 0) is 43.5 Å². The number of aromatic nitrogens is 3. The maximum Gasteiger partial charge on any atom is 0.234 e. The normalized spacial score (nSPS) is 10.7. The number of rotatable bonds is 8. The summed E-state index contributed by atoms with van der Waals surface area (Å²) in [5.74, 6) is 1.23. The van der Waals surface area contributed by atoms with Crippen molar-refractivity contribution in [1.29, 1.82) is 0 Å². The van der Waals surface area contributed by atoms with Crippen LogP contribution in [-0.2, 0) is 24.2 Å². The summed E-state index contributed by atoms with van der Waals surface area (Å²) in [6.07, 6.45) is 1.76. The van der Waals surface area contributed by atoms with Crippen LogP contribution in [0, 0.1) is 6.92 Å². The molecule has 0 aliphatic carbocycles. The zero-order valence-corrected chi connectivity index (χ0v) is 16.5. The third-order valence-corrected chi connectivity index (χ3v) is 5.19. The van der Waals surface area contributed by atoms with Gasteiger partial charge in [-0.2, -0.15) is 0 Å². The van der Waals surface area contributed by atoms with Crippen LogP contribution in [0.15, 0.2) is 59.8 Å². The van der Waals surface area contributed by atoms with E-state index in [4.69, 9.17) is 0 Å². The Hall–Kier alpha value is -2.60. The van der Waals surface area contributed by atoms with E-state index in [1.54, 1.807) is 0 Å². The Morgan fingerprint density at radius 1 is 1.07 bits per heavy atom. The van der Waals surface area contributed by atoms with Gasteiger partial charge in [0.15, 0.2) is 5.16 Å². The second-order valence-electron chi connectivity index (χ2n) is 6.33. The van der Waals surface area contributed by atoms with Crippen molar-refractivity contribution in [3.05, 3.63) is 71.5 Å². The largest absolute Gasteiger partial charge is 0.325 e. The van der Waals surface area contributed by atoms with E-state index in [-0.39, 0.29) is 5.91 Å². The summed E-state index contributed by atoms with van der Waals surface area (Å²) in [5.41, 5.74) is 3.23. The molecule has 0 aliphatic heterocycles. The number of aryl methyl sites for hydroxylation is 3. The minimum Gasteiger partial charge on any atom is -0.325 e. The molecule has 0 bridgehead atoms. The van der Waals surface area contributed by atoms with E-state index >= 15 is 0 Å². The van der Waals surface area contributed by atoms with Gasteiger partial charge in [0.25, 0.3) is 0 Å². The summed E-state index contributed by atoms with van der Waals surface area (Å²) in [4.78, 5) is 12.2. The zero-order chi connectivity index (χ0) is 19.1. The quantitative estimate of drug-likeness (QED) is 0.597. The number of nitrogens with one attached hydrogen (secondary N) is 1. The SMILES string of the molecule is CCn1c(CCc2ccccc2)nnc1SCC(=O)Nc1cccc(C)c1. The molecule has 1 N–H and O–H groups in total. The lowest BCUT2D eigenvalue weighted by atomic mass is 10.1. The van der Waals surface area contributed by atoms with Crippen LogP contribution in [0.25, 0.3) is 0 Å². The predicted octanol–water partition coefficient (Wildman–Crippen LogP) is 4.12. The fourth-order valence-corrected chi connectivity index (χ4v) is 3.70. The first-order valence-corrected chi connectivity index (χ1v) is 10.1. The molecule has 0 spiro atoms. The molecule has 1 amide bonds. The first kappa shape index (κ1) is 19.2. The first-order chi connectivity index (χ1) is 13.2. The number of nitrogens with zero attached hydrogens (tertiary/aromatic N) is 3. The molecule has 3 rings (SSSR count). The number of carbonyl (C=O) groups is 1. The van der Waals surface area contributed by atoms with Crippen LogP contribution < -0.4 is 5.32 Å². The van der Waals surface area contributed by atoms with E-state index in [2.05, 4.69) is 39.1 Å². The molecular formula is C21H24N4OS. The van der Waals surface area contributed by atoms with Crippen LogP contribution in [-0.4, -0.2) is 26.4 Å². The van der Waals surface area contributed by atoms with E-state index in [9.17, 15) is 4.79 Å². The topological polar surface area (TPSA) is 59.8 Å². The Kier molecular flexibility index (Phi) is 6.65. The molecule has 3 aromatic rings. The van der Waals surface area contributed by atoms with Crippen molar-refractivity contribution >= 4 is 23.4 Å². The molecule has 1 aromatic heterocycles. The molecule has 0 atom stereocenters. The second-order valence-corrected chi connectivity index (χ2v) is 7.28. The first-order valence-electron chi connectivity index (χ1n) is 9.11. The molecule has 2 aromatic carbocycles. The summed E-state index contributed by atoms with van der Waals surface area (Å²) < 4.78 is 2.09.